The molecule has 25 heavy (non-hydrogen) atoms. The lowest BCUT2D eigenvalue weighted by atomic mass is 10.0. The Balaban J connectivity index is 1.81. The van der Waals surface area contributed by atoms with Gasteiger partial charge in [0.15, 0.2) is 0 Å². The zero-order valence-electron chi connectivity index (χ0n) is 15.0. The summed E-state index contributed by atoms with van der Waals surface area (Å²) < 4.78 is 0. The minimum Gasteiger partial charge on any atom is -0.354 e. The second-order valence-corrected chi connectivity index (χ2v) is 7.96. The fourth-order valence-electron chi connectivity index (χ4n) is 3.47. The van der Waals surface area contributed by atoms with Crippen molar-refractivity contribution in [1.29, 1.82) is 0 Å². The number of likely N-dealkylation sites (N-methyl/N-ethyl adjacent to an activating group) is 1. The van der Waals surface area contributed by atoms with Crippen LogP contribution in [0.15, 0.2) is 57.2 Å². The van der Waals surface area contributed by atoms with Gasteiger partial charge in [0.2, 0.25) is 0 Å². The van der Waals surface area contributed by atoms with E-state index in [9.17, 15) is 0 Å². The van der Waals surface area contributed by atoms with Crippen molar-refractivity contribution in [1.82, 2.24) is 9.80 Å². The second kappa shape index (κ2) is 7.22. The summed E-state index contributed by atoms with van der Waals surface area (Å²) in [5.74, 6) is 1.15. The molecule has 0 atom stereocenters. The van der Waals surface area contributed by atoms with Crippen LogP contribution in [0.5, 0.6) is 0 Å². The summed E-state index contributed by atoms with van der Waals surface area (Å²) in [5, 5.41) is 0. The molecule has 0 aromatic heterocycles. The van der Waals surface area contributed by atoms with Crippen LogP contribution in [-0.4, -0.2) is 48.9 Å². The third-order valence-electron chi connectivity index (χ3n) is 4.94. The molecular formula is C21H25N3S. The van der Waals surface area contributed by atoms with E-state index in [0.717, 1.165) is 44.1 Å². The van der Waals surface area contributed by atoms with E-state index in [1.54, 1.807) is 0 Å². The van der Waals surface area contributed by atoms with Crippen LogP contribution in [0.4, 0.5) is 5.69 Å². The summed E-state index contributed by atoms with van der Waals surface area (Å²) in [4.78, 5) is 12.6. The first-order valence-corrected chi connectivity index (χ1v) is 9.98. The van der Waals surface area contributed by atoms with Crippen LogP contribution >= 0.6 is 11.8 Å². The highest BCUT2D eigenvalue weighted by Crippen LogP contribution is 2.41. The van der Waals surface area contributed by atoms with E-state index >= 15 is 0 Å². The highest BCUT2D eigenvalue weighted by atomic mass is 32.2. The quantitative estimate of drug-likeness (QED) is 0.798. The maximum Gasteiger partial charge on any atom is 0.137 e. The molecule has 0 radical (unpaired) electrons. The molecule has 130 valence electrons. The van der Waals surface area contributed by atoms with Crippen molar-refractivity contribution >= 4 is 23.3 Å². The summed E-state index contributed by atoms with van der Waals surface area (Å²) in [6, 6.07) is 15.5. The van der Waals surface area contributed by atoms with E-state index in [1.165, 1.54) is 27.3 Å². The second-order valence-electron chi connectivity index (χ2n) is 6.88. The van der Waals surface area contributed by atoms with Gasteiger partial charge in [-0.05, 0) is 43.3 Å². The lowest BCUT2D eigenvalue weighted by Gasteiger charge is -2.35. The van der Waals surface area contributed by atoms with Gasteiger partial charge < -0.3 is 9.80 Å². The van der Waals surface area contributed by atoms with Crippen molar-refractivity contribution in [2.24, 2.45) is 4.99 Å². The highest BCUT2D eigenvalue weighted by Gasteiger charge is 2.24. The molecule has 2 aliphatic heterocycles. The fourth-order valence-corrected chi connectivity index (χ4v) is 4.47. The topological polar surface area (TPSA) is 18.8 Å². The summed E-state index contributed by atoms with van der Waals surface area (Å²) >= 11 is 1.85. The molecule has 2 aromatic carbocycles. The Morgan fingerprint density at radius 3 is 2.60 bits per heavy atom. The van der Waals surface area contributed by atoms with Gasteiger partial charge in [0, 0.05) is 41.5 Å². The first kappa shape index (κ1) is 16.7. The van der Waals surface area contributed by atoms with Gasteiger partial charge in [-0.25, -0.2) is 4.99 Å². The Bertz CT molecular complexity index is 791. The lowest BCUT2D eigenvalue weighted by Crippen LogP contribution is -2.47. The largest absolute Gasteiger partial charge is 0.354 e. The number of benzene rings is 2. The smallest absolute Gasteiger partial charge is 0.137 e. The molecule has 0 bridgehead atoms. The molecule has 2 aromatic rings. The van der Waals surface area contributed by atoms with E-state index in [1.807, 2.05) is 11.8 Å². The summed E-state index contributed by atoms with van der Waals surface area (Å²) in [6.45, 7) is 6.51. The molecule has 4 rings (SSSR count). The molecule has 1 fully saturated rings. The van der Waals surface area contributed by atoms with Crippen molar-refractivity contribution < 1.29 is 0 Å². The highest BCUT2D eigenvalue weighted by molar-refractivity contribution is 7.99. The first-order valence-electron chi connectivity index (χ1n) is 9.17. The summed E-state index contributed by atoms with van der Waals surface area (Å²) in [5.41, 5.74) is 3.81. The van der Waals surface area contributed by atoms with Crippen LogP contribution < -0.4 is 0 Å². The van der Waals surface area contributed by atoms with E-state index in [2.05, 4.69) is 66.2 Å². The minimum atomic E-state index is 1.04. The molecule has 3 nitrogen and oxygen atoms in total. The molecule has 0 unspecified atom stereocenters. The minimum absolute atomic E-state index is 1.04. The zero-order valence-corrected chi connectivity index (χ0v) is 15.9. The summed E-state index contributed by atoms with van der Waals surface area (Å²) in [6.07, 6.45) is 2.30. The normalized spacial score (nSPS) is 17.5. The molecule has 2 aliphatic rings. The van der Waals surface area contributed by atoms with Gasteiger partial charge >= 0.3 is 0 Å². The molecule has 0 saturated carbocycles. The Hall–Kier alpha value is -1.78. The number of hydrogen-bond acceptors (Lipinski definition) is 4. The molecule has 1 saturated heterocycles. The number of amidine groups is 1. The van der Waals surface area contributed by atoms with Gasteiger partial charge in [0.1, 0.15) is 5.84 Å². The van der Waals surface area contributed by atoms with Crippen molar-refractivity contribution in [2.45, 2.75) is 29.6 Å². The summed E-state index contributed by atoms with van der Waals surface area (Å²) in [7, 11) is 2.20. The van der Waals surface area contributed by atoms with Gasteiger partial charge in [-0.15, -0.1) is 0 Å². The van der Waals surface area contributed by atoms with E-state index in [-0.39, 0.29) is 0 Å². The maximum atomic E-state index is 5.13. The maximum absolute atomic E-state index is 5.13. The van der Waals surface area contributed by atoms with Gasteiger partial charge in [-0.3, -0.25) is 0 Å². The number of hydrogen-bond donors (Lipinski definition) is 0. The van der Waals surface area contributed by atoms with Crippen molar-refractivity contribution in [3.8, 4) is 0 Å². The van der Waals surface area contributed by atoms with E-state index in [4.69, 9.17) is 4.99 Å². The van der Waals surface area contributed by atoms with Crippen LogP contribution in [-0.2, 0) is 6.42 Å². The van der Waals surface area contributed by atoms with Crippen LogP contribution in [0, 0.1) is 0 Å². The van der Waals surface area contributed by atoms with Crippen LogP contribution in [0.3, 0.4) is 0 Å². The number of piperazine rings is 1. The predicted molar refractivity (Wildman–Crippen MR) is 106 cm³/mol. The van der Waals surface area contributed by atoms with Gasteiger partial charge in [0.25, 0.3) is 0 Å². The number of nitrogens with zero attached hydrogens (tertiary/aromatic N) is 3. The first-order chi connectivity index (χ1) is 12.2. The number of fused-ring (bicyclic) bond motifs is 2. The van der Waals surface area contributed by atoms with Crippen molar-refractivity contribution in [2.75, 3.05) is 33.2 Å². The molecular weight excluding hydrogens is 326 g/mol. The molecule has 4 heteroatoms. The molecule has 2 heterocycles. The van der Waals surface area contributed by atoms with E-state index in [0.29, 0.717) is 0 Å². The van der Waals surface area contributed by atoms with Crippen LogP contribution in [0.25, 0.3) is 0 Å². The van der Waals surface area contributed by atoms with Gasteiger partial charge in [0.05, 0.1) is 5.69 Å². The van der Waals surface area contributed by atoms with Crippen LogP contribution in [0.1, 0.15) is 24.5 Å². The molecule has 0 spiro atoms. The Morgan fingerprint density at radius 2 is 1.80 bits per heavy atom. The molecule has 0 N–H and O–H groups in total. The van der Waals surface area contributed by atoms with Crippen molar-refractivity contribution in [3.05, 3.63) is 53.6 Å². The van der Waals surface area contributed by atoms with E-state index < -0.39 is 0 Å². The average molecular weight is 352 g/mol. The standard InChI is InChI=1S/C21H25N3S/c1-3-6-16-9-10-19-17(15-16)21(24-13-11-23(2)12-14-24)22-18-7-4-5-8-20(18)25-19/h4-5,7-10,15H,3,6,11-14H2,1-2H3. The fraction of sp³-hybridized carbons (Fsp3) is 0.381. The Morgan fingerprint density at radius 1 is 1.00 bits per heavy atom. The predicted octanol–water partition coefficient (Wildman–Crippen LogP) is 4.43. The number of para-hydroxylation sites is 1. The number of aryl methyl sites for hydroxylation is 1. The van der Waals surface area contributed by atoms with Crippen LogP contribution in [0.2, 0.25) is 0 Å². The Labute approximate surface area is 154 Å². The third-order valence-corrected chi connectivity index (χ3v) is 6.08. The third kappa shape index (κ3) is 3.46. The van der Waals surface area contributed by atoms with Crippen molar-refractivity contribution in [3.63, 3.8) is 0 Å². The Kier molecular flexibility index (Phi) is 4.82. The van der Waals surface area contributed by atoms with Gasteiger partial charge in [-0.2, -0.15) is 0 Å². The molecule has 0 aliphatic carbocycles. The lowest BCUT2D eigenvalue weighted by molar-refractivity contribution is 0.215. The monoisotopic (exact) mass is 351 g/mol. The number of rotatable bonds is 2. The molecule has 0 amide bonds. The van der Waals surface area contributed by atoms with Gasteiger partial charge in [-0.1, -0.05) is 43.3 Å². The zero-order chi connectivity index (χ0) is 17.2. The number of aliphatic imine (C=N–C) groups is 1. The average Bonchev–Trinajstić information content (AvgIpc) is 2.79. The SMILES string of the molecule is CCCc1ccc2c(c1)C(N1CCN(C)CC1)=Nc1ccccc1S2.